The van der Waals surface area contributed by atoms with E-state index in [2.05, 4.69) is 21.4 Å². The number of fused-ring (bicyclic) bond motifs is 2. The van der Waals surface area contributed by atoms with Crippen LogP contribution in [-0.2, 0) is 0 Å². The minimum absolute atomic E-state index is 0.0145. The van der Waals surface area contributed by atoms with Crippen LogP contribution in [0.2, 0.25) is 5.15 Å². The topological polar surface area (TPSA) is 70.9 Å². The number of nitrogens with one attached hydrogen (secondary N) is 2. The van der Waals surface area contributed by atoms with Crippen molar-refractivity contribution in [3.05, 3.63) is 92.5 Å². The largest absolute Gasteiger partial charge is 0.455 e. The lowest BCUT2D eigenvalue weighted by Gasteiger charge is -2.19. The van der Waals surface area contributed by atoms with Crippen LogP contribution < -0.4 is 10.7 Å². The number of nitrogens with zero attached hydrogens (tertiary/aromatic N) is 1. The Morgan fingerprint density at radius 3 is 2.67 bits per heavy atom. The number of hydrogen-bond acceptors (Lipinski definition) is 4. The Hall–Kier alpha value is -3.57. The quantitative estimate of drug-likeness (QED) is 0.282. The van der Waals surface area contributed by atoms with Crippen LogP contribution >= 0.6 is 11.6 Å². The van der Waals surface area contributed by atoms with Crippen LogP contribution in [0.25, 0.3) is 33.2 Å². The molecule has 5 nitrogen and oxygen atoms in total. The van der Waals surface area contributed by atoms with Gasteiger partial charge in [0.05, 0.1) is 22.8 Å². The third-order valence-electron chi connectivity index (χ3n) is 6.10. The van der Waals surface area contributed by atoms with E-state index >= 15 is 0 Å². The molecule has 3 aromatic heterocycles. The van der Waals surface area contributed by atoms with E-state index in [9.17, 15) is 4.79 Å². The van der Waals surface area contributed by atoms with Crippen molar-refractivity contribution in [1.29, 1.82) is 0 Å². The van der Waals surface area contributed by atoms with Gasteiger partial charge in [-0.05, 0) is 69.0 Å². The Labute approximate surface area is 196 Å². The Balaban J connectivity index is 1.68. The molecule has 0 spiro atoms. The average Bonchev–Trinajstić information content (AvgIpc) is 3.26. The van der Waals surface area contributed by atoms with Gasteiger partial charge in [-0.25, -0.2) is 4.98 Å². The summed E-state index contributed by atoms with van der Waals surface area (Å²) in [6.07, 6.45) is 1.90. The number of aryl methyl sites for hydroxylation is 2. The molecule has 0 saturated carbocycles. The van der Waals surface area contributed by atoms with Gasteiger partial charge in [0.2, 0.25) is 0 Å². The number of halogens is 1. The van der Waals surface area contributed by atoms with Crippen molar-refractivity contribution in [2.24, 2.45) is 0 Å². The van der Waals surface area contributed by atoms with Crippen LogP contribution in [0, 0.1) is 20.8 Å². The van der Waals surface area contributed by atoms with E-state index in [0.717, 1.165) is 39.0 Å². The molecule has 2 aromatic carbocycles. The van der Waals surface area contributed by atoms with Crippen LogP contribution in [-0.4, -0.2) is 9.97 Å². The van der Waals surface area contributed by atoms with Crippen LogP contribution in [0.15, 0.2) is 63.9 Å². The van der Waals surface area contributed by atoms with Gasteiger partial charge in [-0.3, -0.25) is 4.79 Å². The summed E-state index contributed by atoms with van der Waals surface area (Å²) in [5.74, 6) is 0.589. The molecule has 0 bridgehead atoms. The van der Waals surface area contributed by atoms with Crippen LogP contribution in [0.3, 0.4) is 0 Å². The number of H-pyrrole nitrogens is 1. The number of aromatic nitrogens is 2. The highest BCUT2D eigenvalue weighted by Crippen LogP contribution is 2.33. The summed E-state index contributed by atoms with van der Waals surface area (Å²) >= 11 is 6.02. The van der Waals surface area contributed by atoms with Gasteiger partial charge in [0, 0.05) is 28.4 Å². The van der Waals surface area contributed by atoms with E-state index in [0.29, 0.717) is 27.4 Å². The van der Waals surface area contributed by atoms with Crippen LogP contribution in [0.1, 0.15) is 35.3 Å². The maximum absolute atomic E-state index is 13.4. The molecule has 5 aromatic rings. The fraction of sp³-hybridized carbons (Fsp3) is 0.185. The summed E-state index contributed by atoms with van der Waals surface area (Å²) in [5.41, 5.74) is 6.66. The van der Waals surface area contributed by atoms with Gasteiger partial charge in [-0.15, -0.1) is 0 Å². The van der Waals surface area contributed by atoms with Gasteiger partial charge in [-0.1, -0.05) is 29.8 Å². The summed E-state index contributed by atoms with van der Waals surface area (Å²) in [7, 11) is 0. The van der Waals surface area contributed by atoms with Gasteiger partial charge in [0.25, 0.3) is 0 Å². The Morgan fingerprint density at radius 2 is 1.88 bits per heavy atom. The van der Waals surface area contributed by atoms with E-state index < -0.39 is 0 Å². The van der Waals surface area contributed by atoms with Gasteiger partial charge in [0.1, 0.15) is 16.5 Å². The molecule has 2 N–H and O–H groups in total. The van der Waals surface area contributed by atoms with Crippen LogP contribution in [0.4, 0.5) is 5.69 Å². The molecule has 0 amide bonds. The number of hydrogen-bond donors (Lipinski definition) is 2. The normalized spacial score (nSPS) is 12.4. The second-order valence-electron chi connectivity index (χ2n) is 8.53. The molecule has 0 unspecified atom stereocenters. The minimum Gasteiger partial charge on any atom is -0.455 e. The summed E-state index contributed by atoms with van der Waals surface area (Å²) in [4.78, 5) is 21.0. The first kappa shape index (κ1) is 21.3. The lowest BCUT2D eigenvalue weighted by molar-refractivity contribution is 0.605. The van der Waals surface area contributed by atoms with Crippen molar-refractivity contribution >= 4 is 39.2 Å². The molecular weight excluding hydrogens is 434 g/mol. The van der Waals surface area contributed by atoms with Crippen molar-refractivity contribution in [3.8, 4) is 11.3 Å². The first-order valence-electron chi connectivity index (χ1n) is 10.9. The van der Waals surface area contributed by atoms with Crippen molar-refractivity contribution < 1.29 is 4.42 Å². The molecule has 0 fully saturated rings. The van der Waals surface area contributed by atoms with Gasteiger partial charge in [-0.2, -0.15) is 0 Å². The molecule has 5 rings (SSSR count). The van der Waals surface area contributed by atoms with E-state index in [-0.39, 0.29) is 11.5 Å². The zero-order chi connectivity index (χ0) is 23.3. The van der Waals surface area contributed by atoms with Crippen molar-refractivity contribution in [2.45, 2.75) is 33.7 Å². The molecule has 0 aliphatic heterocycles. The summed E-state index contributed by atoms with van der Waals surface area (Å²) in [6.45, 7) is 7.78. The van der Waals surface area contributed by atoms with E-state index in [4.69, 9.17) is 16.0 Å². The number of benzene rings is 2. The highest BCUT2D eigenvalue weighted by molar-refractivity contribution is 6.29. The fourth-order valence-corrected chi connectivity index (χ4v) is 4.54. The standard InChI is InChI=1S/C27H24ClN3O2/c1-14-11-20(16(3)30-22-7-8-24(28)31-17(22)4)27-21(12-14)25(32)15(2)26(33-27)19-6-5-18-9-10-29-23(18)13-19/h5-13,16,29-30H,1-4H3/t16-/m1/s1. The zero-order valence-electron chi connectivity index (χ0n) is 18.9. The maximum atomic E-state index is 13.4. The molecule has 3 heterocycles. The van der Waals surface area contributed by atoms with E-state index in [1.807, 2.05) is 70.3 Å². The monoisotopic (exact) mass is 457 g/mol. The van der Waals surface area contributed by atoms with Crippen molar-refractivity contribution in [2.75, 3.05) is 5.32 Å². The molecule has 33 heavy (non-hydrogen) atoms. The summed E-state index contributed by atoms with van der Waals surface area (Å²) in [6, 6.07) is 15.6. The Morgan fingerprint density at radius 1 is 1.06 bits per heavy atom. The lowest BCUT2D eigenvalue weighted by atomic mass is 9.98. The summed E-state index contributed by atoms with van der Waals surface area (Å²) in [5, 5.41) is 5.66. The van der Waals surface area contributed by atoms with Crippen LogP contribution in [0.5, 0.6) is 0 Å². The van der Waals surface area contributed by atoms with Gasteiger partial charge in [0.15, 0.2) is 5.43 Å². The van der Waals surface area contributed by atoms with Gasteiger partial charge >= 0.3 is 0 Å². The van der Waals surface area contributed by atoms with Crippen molar-refractivity contribution in [1.82, 2.24) is 9.97 Å². The maximum Gasteiger partial charge on any atom is 0.196 e. The predicted octanol–water partition coefficient (Wildman–Crippen LogP) is 7.09. The molecule has 0 aliphatic carbocycles. The predicted molar refractivity (Wildman–Crippen MR) is 135 cm³/mol. The molecule has 0 radical (unpaired) electrons. The molecule has 6 heteroatoms. The molecule has 166 valence electrons. The molecule has 0 aliphatic rings. The average molecular weight is 458 g/mol. The smallest absolute Gasteiger partial charge is 0.196 e. The third-order valence-corrected chi connectivity index (χ3v) is 6.31. The second-order valence-corrected chi connectivity index (χ2v) is 8.92. The number of anilines is 1. The first-order chi connectivity index (χ1) is 15.8. The highest BCUT2D eigenvalue weighted by Gasteiger charge is 2.19. The Kier molecular flexibility index (Phi) is 5.22. The minimum atomic E-state index is -0.126. The number of aromatic amines is 1. The summed E-state index contributed by atoms with van der Waals surface area (Å²) < 4.78 is 6.49. The second kappa shape index (κ2) is 8.09. The lowest BCUT2D eigenvalue weighted by Crippen LogP contribution is -2.13. The Bertz CT molecular complexity index is 1580. The SMILES string of the molecule is Cc1cc([C@@H](C)Nc2ccc(Cl)nc2C)c2oc(-c3ccc4cc[nH]c4c3)c(C)c(=O)c2c1. The highest BCUT2D eigenvalue weighted by atomic mass is 35.5. The molecular formula is C27H24ClN3O2. The molecule has 1 atom stereocenters. The van der Waals surface area contributed by atoms with E-state index in [1.54, 1.807) is 6.07 Å². The number of rotatable bonds is 4. The molecule has 0 saturated heterocycles. The third kappa shape index (κ3) is 3.79. The number of pyridine rings is 1. The zero-order valence-corrected chi connectivity index (χ0v) is 19.7. The first-order valence-corrected chi connectivity index (χ1v) is 11.2. The van der Waals surface area contributed by atoms with E-state index in [1.165, 1.54) is 0 Å². The van der Waals surface area contributed by atoms with Gasteiger partial charge < -0.3 is 14.7 Å². The van der Waals surface area contributed by atoms with Crippen molar-refractivity contribution in [3.63, 3.8) is 0 Å². The fourth-order valence-electron chi connectivity index (χ4n) is 4.35.